The van der Waals surface area contributed by atoms with Gasteiger partial charge in [-0.25, -0.2) is 4.98 Å². The van der Waals surface area contributed by atoms with Crippen LogP contribution in [0.25, 0.3) is 22.5 Å². The molecule has 0 unspecified atom stereocenters. The smallest absolute Gasteiger partial charge is 0.247 e. The summed E-state index contributed by atoms with van der Waals surface area (Å²) >= 11 is 1.62. The van der Waals surface area contributed by atoms with E-state index in [1.165, 1.54) is 0 Å². The number of hydrogen-bond donors (Lipinski definition) is 0. The second kappa shape index (κ2) is 8.06. The van der Waals surface area contributed by atoms with Crippen molar-refractivity contribution in [3.8, 4) is 17.2 Å². The first-order chi connectivity index (χ1) is 13.6. The molecule has 0 radical (unpaired) electrons. The van der Waals surface area contributed by atoms with Gasteiger partial charge >= 0.3 is 0 Å². The summed E-state index contributed by atoms with van der Waals surface area (Å²) in [7, 11) is 1.64. The van der Waals surface area contributed by atoms with E-state index in [1.807, 2.05) is 36.4 Å². The maximum Gasteiger partial charge on any atom is 0.247 e. The minimum absolute atomic E-state index is 0.508. The van der Waals surface area contributed by atoms with Crippen LogP contribution in [0.4, 0.5) is 0 Å². The molecule has 0 spiro atoms. The lowest BCUT2D eigenvalue weighted by molar-refractivity contribution is 0.415. The van der Waals surface area contributed by atoms with E-state index in [2.05, 4.69) is 40.7 Å². The predicted molar refractivity (Wildman–Crippen MR) is 110 cm³/mol. The summed E-state index contributed by atoms with van der Waals surface area (Å²) in [6.07, 6.45) is 0. The van der Waals surface area contributed by atoms with Gasteiger partial charge < -0.3 is 13.7 Å². The molecule has 6 nitrogen and oxygen atoms in total. The third-order valence-corrected chi connectivity index (χ3v) is 5.26. The van der Waals surface area contributed by atoms with E-state index in [-0.39, 0.29) is 0 Å². The van der Waals surface area contributed by atoms with Crippen LogP contribution in [0.5, 0.6) is 5.75 Å². The molecule has 4 rings (SSSR count). The number of hydrogen-bond acceptors (Lipinski definition) is 6. The van der Waals surface area contributed by atoms with Gasteiger partial charge in [0.2, 0.25) is 11.8 Å². The van der Waals surface area contributed by atoms with E-state index in [1.54, 1.807) is 18.9 Å². The quantitative estimate of drug-likeness (QED) is 0.409. The van der Waals surface area contributed by atoms with E-state index < -0.39 is 0 Å². The normalized spacial score (nSPS) is 11.4. The molecular weight excluding hydrogens is 372 g/mol. The number of aromatic nitrogens is 4. The van der Waals surface area contributed by atoms with Gasteiger partial charge in [-0.2, -0.15) is 0 Å². The summed E-state index contributed by atoms with van der Waals surface area (Å²) in [6.45, 7) is 5.34. The van der Waals surface area contributed by atoms with Crippen molar-refractivity contribution in [2.24, 2.45) is 5.92 Å². The Morgan fingerprint density at radius 3 is 2.61 bits per heavy atom. The molecule has 0 aliphatic carbocycles. The van der Waals surface area contributed by atoms with Gasteiger partial charge in [0.1, 0.15) is 5.75 Å². The highest BCUT2D eigenvalue weighted by molar-refractivity contribution is 7.98. The molecule has 144 valence electrons. The first kappa shape index (κ1) is 18.6. The molecule has 0 saturated carbocycles. The molecule has 0 N–H and O–H groups in total. The number of benzene rings is 2. The first-order valence-corrected chi connectivity index (χ1v) is 10.2. The van der Waals surface area contributed by atoms with Gasteiger partial charge in [-0.15, -0.1) is 10.2 Å². The zero-order valence-corrected chi connectivity index (χ0v) is 16.9. The maximum absolute atomic E-state index is 5.84. The van der Waals surface area contributed by atoms with Crippen molar-refractivity contribution in [1.29, 1.82) is 0 Å². The fourth-order valence-corrected chi connectivity index (χ4v) is 3.85. The Morgan fingerprint density at radius 2 is 1.86 bits per heavy atom. The second-order valence-corrected chi connectivity index (χ2v) is 7.85. The molecule has 2 aromatic carbocycles. The fourth-order valence-electron chi connectivity index (χ4n) is 2.99. The largest absolute Gasteiger partial charge is 0.497 e. The molecule has 0 aliphatic rings. The summed E-state index contributed by atoms with van der Waals surface area (Å²) < 4.78 is 13.3. The highest BCUT2D eigenvalue weighted by Gasteiger charge is 2.15. The fraction of sp³-hybridized carbons (Fsp3) is 0.286. The Bertz CT molecular complexity index is 1070. The summed E-state index contributed by atoms with van der Waals surface area (Å²) in [5, 5.41) is 9.33. The Balaban J connectivity index is 1.52. The summed E-state index contributed by atoms with van der Waals surface area (Å²) in [5.41, 5.74) is 3.04. The molecule has 0 aliphatic heterocycles. The average Bonchev–Trinajstić information content (AvgIpc) is 3.31. The van der Waals surface area contributed by atoms with Crippen LogP contribution >= 0.6 is 11.8 Å². The lowest BCUT2D eigenvalue weighted by Gasteiger charge is -2.10. The molecule has 0 fully saturated rings. The third kappa shape index (κ3) is 3.89. The lowest BCUT2D eigenvalue weighted by Crippen LogP contribution is -2.05. The van der Waals surface area contributed by atoms with Gasteiger partial charge in [-0.05, 0) is 42.3 Å². The highest BCUT2D eigenvalue weighted by atomic mass is 32.2. The van der Waals surface area contributed by atoms with Crippen molar-refractivity contribution in [2.45, 2.75) is 31.3 Å². The van der Waals surface area contributed by atoms with Crippen molar-refractivity contribution >= 4 is 22.8 Å². The summed E-state index contributed by atoms with van der Waals surface area (Å²) in [4.78, 5) is 4.79. The second-order valence-electron chi connectivity index (χ2n) is 6.91. The van der Waals surface area contributed by atoms with Gasteiger partial charge in [-0.1, -0.05) is 37.7 Å². The van der Waals surface area contributed by atoms with E-state index in [0.717, 1.165) is 34.0 Å². The van der Waals surface area contributed by atoms with Gasteiger partial charge in [0.25, 0.3) is 0 Å². The van der Waals surface area contributed by atoms with E-state index in [9.17, 15) is 0 Å². The molecule has 28 heavy (non-hydrogen) atoms. The highest BCUT2D eigenvalue weighted by Crippen LogP contribution is 2.28. The van der Waals surface area contributed by atoms with Crippen molar-refractivity contribution in [1.82, 2.24) is 19.7 Å². The molecule has 0 bridgehead atoms. The van der Waals surface area contributed by atoms with Crippen LogP contribution in [-0.4, -0.2) is 26.9 Å². The molecular formula is C21H22N4O2S. The monoisotopic (exact) mass is 394 g/mol. The van der Waals surface area contributed by atoms with Crippen LogP contribution in [0.3, 0.4) is 0 Å². The van der Waals surface area contributed by atoms with Gasteiger partial charge in [0.05, 0.1) is 23.9 Å². The number of imidazole rings is 1. The minimum Gasteiger partial charge on any atom is -0.497 e. The van der Waals surface area contributed by atoms with Crippen molar-refractivity contribution < 1.29 is 9.15 Å². The van der Waals surface area contributed by atoms with Crippen LogP contribution in [0.15, 0.2) is 58.1 Å². The number of thioether (sulfide) groups is 1. The van der Waals surface area contributed by atoms with Crippen LogP contribution in [0.2, 0.25) is 0 Å². The summed E-state index contributed by atoms with van der Waals surface area (Å²) in [6, 6.07) is 15.8. The molecule has 4 aromatic rings. The van der Waals surface area contributed by atoms with Crippen LogP contribution in [0, 0.1) is 5.92 Å². The van der Waals surface area contributed by atoms with E-state index in [0.29, 0.717) is 23.5 Å². The van der Waals surface area contributed by atoms with Gasteiger partial charge in [-0.3, -0.25) is 0 Å². The average molecular weight is 395 g/mol. The molecule has 0 saturated heterocycles. The minimum atomic E-state index is 0.508. The first-order valence-electron chi connectivity index (χ1n) is 9.19. The lowest BCUT2D eigenvalue weighted by atomic mass is 10.2. The van der Waals surface area contributed by atoms with E-state index in [4.69, 9.17) is 14.1 Å². The van der Waals surface area contributed by atoms with Crippen molar-refractivity contribution in [3.63, 3.8) is 0 Å². The molecule has 0 atom stereocenters. The van der Waals surface area contributed by atoms with Gasteiger partial charge in [0.15, 0.2) is 5.16 Å². The standard InChI is InChI=1S/C21H22N4O2S/c1-14(2)12-25-18-7-5-4-6-17(18)22-21(25)28-13-19-23-24-20(27-19)15-8-10-16(26-3)11-9-15/h4-11,14H,12-13H2,1-3H3. The number of para-hydroxylation sites is 2. The zero-order valence-electron chi connectivity index (χ0n) is 16.1. The van der Waals surface area contributed by atoms with Crippen LogP contribution in [0.1, 0.15) is 19.7 Å². The zero-order chi connectivity index (χ0) is 19.5. The Kier molecular flexibility index (Phi) is 5.34. The summed E-state index contributed by atoms with van der Waals surface area (Å²) in [5.74, 6) is 2.99. The SMILES string of the molecule is COc1ccc(-c2nnc(CSc3nc4ccccc4n3CC(C)C)o2)cc1. The molecule has 7 heteroatoms. The van der Waals surface area contributed by atoms with Crippen molar-refractivity contribution in [2.75, 3.05) is 7.11 Å². The topological polar surface area (TPSA) is 66.0 Å². The molecule has 2 heterocycles. The Hall–Kier alpha value is -2.80. The Labute approximate surface area is 167 Å². The number of ether oxygens (including phenoxy) is 1. The number of fused-ring (bicyclic) bond motifs is 1. The molecule has 2 aromatic heterocycles. The van der Waals surface area contributed by atoms with Crippen LogP contribution < -0.4 is 4.74 Å². The maximum atomic E-state index is 5.84. The number of rotatable bonds is 7. The van der Waals surface area contributed by atoms with E-state index >= 15 is 0 Å². The van der Waals surface area contributed by atoms with Crippen molar-refractivity contribution in [3.05, 3.63) is 54.4 Å². The van der Waals surface area contributed by atoms with Crippen LogP contribution in [-0.2, 0) is 12.3 Å². The number of nitrogens with zero attached hydrogens (tertiary/aromatic N) is 4. The third-order valence-electron chi connectivity index (χ3n) is 4.30. The predicted octanol–water partition coefficient (Wildman–Crippen LogP) is 5.04. The van der Waals surface area contributed by atoms with Gasteiger partial charge in [0, 0.05) is 12.1 Å². The Morgan fingerprint density at radius 1 is 1.07 bits per heavy atom. The number of methoxy groups -OCH3 is 1. The molecule has 0 amide bonds.